The Balaban J connectivity index is 1.78. The fourth-order valence-corrected chi connectivity index (χ4v) is 4.27. The highest BCUT2D eigenvalue weighted by Crippen LogP contribution is 2.36. The number of ether oxygens (including phenoxy) is 1. The number of halogens is 3. The molecule has 0 aliphatic rings. The minimum absolute atomic E-state index is 0.0385. The first kappa shape index (κ1) is 26.5. The molecule has 0 bridgehead atoms. The molecule has 0 radical (unpaired) electrons. The van der Waals surface area contributed by atoms with Crippen molar-refractivity contribution < 1.29 is 26.3 Å². The molecule has 0 unspecified atom stereocenters. The van der Waals surface area contributed by atoms with Crippen LogP contribution in [0.1, 0.15) is 25.1 Å². The van der Waals surface area contributed by atoms with Crippen LogP contribution in [0, 0.1) is 5.92 Å². The number of benzene rings is 1. The van der Waals surface area contributed by atoms with Gasteiger partial charge in [0.1, 0.15) is 5.69 Å². The molecule has 3 heterocycles. The van der Waals surface area contributed by atoms with Crippen LogP contribution in [0.15, 0.2) is 65.7 Å². The second-order valence-corrected chi connectivity index (χ2v) is 11.0. The molecule has 11 heteroatoms. The lowest BCUT2D eigenvalue weighted by Crippen LogP contribution is -2.09. The number of nitrogens with zero attached hydrogens (tertiary/aromatic N) is 3. The van der Waals surface area contributed by atoms with Gasteiger partial charge in [-0.05, 0) is 60.5 Å². The van der Waals surface area contributed by atoms with E-state index in [0.29, 0.717) is 35.0 Å². The van der Waals surface area contributed by atoms with Gasteiger partial charge in [0.25, 0.3) is 0 Å². The molecular weight excluding hydrogens is 505 g/mol. The van der Waals surface area contributed by atoms with Crippen LogP contribution in [0.25, 0.3) is 22.4 Å². The topological polar surface area (TPSA) is 94.1 Å². The molecule has 0 aliphatic heterocycles. The van der Waals surface area contributed by atoms with Gasteiger partial charge in [0, 0.05) is 30.1 Å². The summed E-state index contributed by atoms with van der Waals surface area (Å²) in [6.45, 7) is 4.71. The lowest BCUT2D eigenvalue weighted by Gasteiger charge is -2.15. The predicted octanol–water partition coefficient (Wildman–Crippen LogP) is 6.03. The Morgan fingerprint density at radius 1 is 1.03 bits per heavy atom. The molecule has 1 aromatic carbocycles. The van der Waals surface area contributed by atoms with Gasteiger partial charge in [0.05, 0.1) is 34.1 Å². The summed E-state index contributed by atoms with van der Waals surface area (Å²) in [6, 6.07) is 13.3. The van der Waals surface area contributed by atoms with Crippen LogP contribution in [-0.4, -0.2) is 36.2 Å². The van der Waals surface area contributed by atoms with Crippen LogP contribution in [0.3, 0.4) is 0 Å². The van der Waals surface area contributed by atoms with E-state index in [2.05, 4.69) is 20.3 Å². The van der Waals surface area contributed by atoms with Crippen molar-refractivity contribution in [2.45, 2.75) is 31.5 Å². The molecule has 0 amide bonds. The molecule has 7 nitrogen and oxygen atoms in total. The lowest BCUT2D eigenvalue weighted by molar-refractivity contribution is -0.137. The number of nitrogens with one attached hydrogen (secondary N) is 1. The quantitative estimate of drug-likeness (QED) is 0.297. The number of hydrogen-bond acceptors (Lipinski definition) is 7. The van der Waals surface area contributed by atoms with E-state index in [1.165, 1.54) is 30.5 Å². The summed E-state index contributed by atoms with van der Waals surface area (Å²) in [4.78, 5) is 13.1. The molecule has 1 N–H and O–H groups in total. The maximum Gasteiger partial charge on any atom is 0.418 e. The van der Waals surface area contributed by atoms with Gasteiger partial charge in [0.15, 0.2) is 15.5 Å². The van der Waals surface area contributed by atoms with Gasteiger partial charge in [-0.3, -0.25) is 4.98 Å². The fourth-order valence-electron chi connectivity index (χ4n) is 3.64. The van der Waals surface area contributed by atoms with Crippen LogP contribution < -0.4 is 5.32 Å². The number of sulfone groups is 1. The first-order valence-corrected chi connectivity index (χ1v) is 13.3. The van der Waals surface area contributed by atoms with Crippen molar-refractivity contribution in [2.24, 2.45) is 5.92 Å². The van der Waals surface area contributed by atoms with Crippen LogP contribution in [-0.2, 0) is 27.4 Å². The highest BCUT2D eigenvalue weighted by Gasteiger charge is 2.34. The Labute approximate surface area is 212 Å². The number of hydrogen-bond donors (Lipinski definition) is 1. The van der Waals surface area contributed by atoms with Crippen molar-refractivity contribution in [3.05, 3.63) is 72.1 Å². The maximum absolute atomic E-state index is 13.6. The van der Waals surface area contributed by atoms with Gasteiger partial charge in [0.2, 0.25) is 0 Å². The molecule has 37 heavy (non-hydrogen) atoms. The van der Waals surface area contributed by atoms with Crippen LogP contribution >= 0.6 is 0 Å². The van der Waals surface area contributed by atoms with E-state index in [0.717, 1.165) is 12.3 Å². The average molecular weight is 531 g/mol. The lowest BCUT2D eigenvalue weighted by atomic mass is 10.1. The highest BCUT2D eigenvalue weighted by molar-refractivity contribution is 7.90. The minimum atomic E-state index is -4.59. The number of fused-ring (bicyclic) bond motifs is 1. The van der Waals surface area contributed by atoms with Gasteiger partial charge in [-0.1, -0.05) is 13.8 Å². The first-order valence-electron chi connectivity index (χ1n) is 11.4. The third-order valence-corrected chi connectivity index (χ3v) is 6.47. The predicted molar refractivity (Wildman–Crippen MR) is 135 cm³/mol. The van der Waals surface area contributed by atoms with Gasteiger partial charge >= 0.3 is 6.18 Å². The number of alkyl halides is 3. The first-order chi connectivity index (χ1) is 17.4. The summed E-state index contributed by atoms with van der Waals surface area (Å²) in [5, 5.41) is 3.80. The van der Waals surface area contributed by atoms with E-state index >= 15 is 0 Å². The molecule has 4 aromatic rings. The van der Waals surface area contributed by atoms with Crippen LogP contribution in [0.5, 0.6) is 0 Å². The Bertz CT molecular complexity index is 1520. The second kappa shape index (κ2) is 10.4. The monoisotopic (exact) mass is 530 g/mol. The summed E-state index contributed by atoms with van der Waals surface area (Å²) in [5.74, 6) is 0.307. The van der Waals surface area contributed by atoms with Gasteiger partial charge in [-0.2, -0.15) is 13.2 Å². The smallest absolute Gasteiger partial charge is 0.375 e. The zero-order chi connectivity index (χ0) is 26.8. The van der Waals surface area contributed by atoms with E-state index in [1.807, 2.05) is 13.8 Å². The van der Waals surface area contributed by atoms with Crippen molar-refractivity contribution in [1.29, 1.82) is 0 Å². The van der Waals surface area contributed by atoms with E-state index in [-0.39, 0.29) is 28.5 Å². The standard InChI is InChI=1S/C26H25F3N4O3S/c1-16(2)14-36-15-18-13-23(31-17-6-8-19(9-7-17)37(3,34)35)20-10-11-22(33-25(20)32-18)24-21(26(27,28)29)5-4-12-30-24/h4-13,16H,14-15H2,1-3H3,(H,31,32,33). The zero-order valence-corrected chi connectivity index (χ0v) is 21.2. The fraction of sp³-hybridized carbons (Fsp3) is 0.269. The Morgan fingerprint density at radius 2 is 1.76 bits per heavy atom. The van der Waals surface area contributed by atoms with Gasteiger partial charge < -0.3 is 10.1 Å². The van der Waals surface area contributed by atoms with Crippen LogP contribution in [0.2, 0.25) is 0 Å². The van der Waals surface area contributed by atoms with E-state index < -0.39 is 21.6 Å². The summed E-state index contributed by atoms with van der Waals surface area (Å²) in [6.07, 6.45) is -2.18. The van der Waals surface area contributed by atoms with E-state index in [1.54, 1.807) is 24.3 Å². The van der Waals surface area contributed by atoms with Crippen molar-refractivity contribution in [2.75, 3.05) is 18.2 Å². The molecule has 0 saturated carbocycles. The van der Waals surface area contributed by atoms with Crippen molar-refractivity contribution >= 4 is 32.2 Å². The molecule has 0 fully saturated rings. The number of anilines is 2. The molecule has 194 valence electrons. The summed E-state index contributed by atoms with van der Waals surface area (Å²) >= 11 is 0. The SMILES string of the molecule is CC(C)COCc1cc(Nc2ccc(S(C)(=O)=O)cc2)c2ccc(-c3ncccc3C(F)(F)F)nc2n1. The highest BCUT2D eigenvalue weighted by atomic mass is 32.2. The Hall–Kier alpha value is -3.57. The van der Waals surface area contributed by atoms with Crippen molar-refractivity contribution in [3.63, 3.8) is 0 Å². The van der Waals surface area contributed by atoms with Gasteiger partial charge in [-0.15, -0.1) is 0 Å². The number of rotatable bonds is 8. The molecule has 0 atom stereocenters. The molecule has 0 saturated heterocycles. The number of aromatic nitrogens is 3. The summed E-state index contributed by atoms with van der Waals surface area (Å²) in [5.41, 5.74) is 0.825. The van der Waals surface area contributed by atoms with E-state index in [9.17, 15) is 21.6 Å². The number of pyridine rings is 3. The summed E-state index contributed by atoms with van der Waals surface area (Å²) < 4.78 is 70.0. The van der Waals surface area contributed by atoms with Gasteiger partial charge in [-0.25, -0.2) is 18.4 Å². The Morgan fingerprint density at radius 3 is 2.41 bits per heavy atom. The molecular formula is C26H25F3N4O3S. The Kier molecular flexibility index (Phi) is 7.47. The van der Waals surface area contributed by atoms with E-state index in [4.69, 9.17) is 4.74 Å². The molecule has 3 aromatic heterocycles. The van der Waals surface area contributed by atoms with Crippen molar-refractivity contribution in [1.82, 2.24) is 15.0 Å². The zero-order valence-electron chi connectivity index (χ0n) is 20.4. The minimum Gasteiger partial charge on any atom is -0.375 e. The molecule has 4 rings (SSSR count). The third kappa shape index (κ3) is 6.41. The van der Waals surface area contributed by atoms with Crippen molar-refractivity contribution in [3.8, 4) is 11.4 Å². The summed E-state index contributed by atoms with van der Waals surface area (Å²) in [7, 11) is -3.35. The second-order valence-electron chi connectivity index (χ2n) is 8.96. The molecule has 0 aliphatic carbocycles. The molecule has 0 spiro atoms. The maximum atomic E-state index is 13.6. The average Bonchev–Trinajstić information content (AvgIpc) is 2.83. The van der Waals surface area contributed by atoms with Crippen LogP contribution in [0.4, 0.5) is 24.5 Å². The third-order valence-electron chi connectivity index (χ3n) is 5.34. The normalized spacial score (nSPS) is 12.3. The largest absolute Gasteiger partial charge is 0.418 e.